The summed E-state index contributed by atoms with van der Waals surface area (Å²) >= 11 is 0. The first-order valence-corrected chi connectivity index (χ1v) is 5.48. The van der Waals surface area contributed by atoms with E-state index in [-0.39, 0.29) is 11.9 Å². The van der Waals surface area contributed by atoms with E-state index in [0.717, 1.165) is 45.5 Å². The van der Waals surface area contributed by atoms with Crippen molar-refractivity contribution in [2.45, 2.75) is 25.3 Å². The van der Waals surface area contributed by atoms with E-state index in [0.29, 0.717) is 6.61 Å². The fraction of sp³-hybridized carbons (Fsp3) is 0.900. The number of carbonyl (C=O) groups excluding carboxylic acids is 1. The Kier molecular flexibility index (Phi) is 3.37. The molecule has 0 aromatic carbocycles. The van der Waals surface area contributed by atoms with Crippen LogP contribution in [0.15, 0.2) is 0 Å². The molecule has 0 aromatic heterocycles. The van der Waals surface area contributed by atoms with Gasteiger partial charge in [-0.15, -0.1) is 0 Å². The van der Waals surface area contributed by atoms with Gasteiger partial charge in [0.1, 0.15) is 0 Å². The molecule has 0 aliphatic carbocycles. The molecule has 2 aliphatic heterocycles. The molecule has 1 N–H and O–H groups in total. The third-order valence-electron chi connectivity index (χ3n) is 2.89. The highest BCUT2D eigenvalue weighted by Crippen LogP contribution is 2.10. The van der Waals surface area contributed by atoms with E-state index in [2.05, 4.69) is 5.32 Å². The molecule has 2 saturated heterocycles. The van der Waals surface area contributed by atoms with E-state index in [1.807, 2.05) is 4.90 Å². The molecule has 1 unspecified atom stereocenters. The van der Waals surface area contributed by atoms with Gasteiger partial charge < -0.3 is 15.0 Å². The van der Waals surface area contributed by atoms with Crippen LogP contribution in [0.5, 0.6) is 0 Å². The lowest BCUT2D eigenvalue weighted by Crippen LogP contribution is -2.44. The molecule has 2 heterocycles. The van der Waals surface area contributed by atoms with Crippen molar-refractivity contribution >= 4 is 5.91 Å². The summed E-state index contributed by atoms with van der Waals surface area (Å²) in [6.07, 6.45) is 3.09. The van der Waals surface area contributed by atoms with Crippen LogP contribution in [0.25, 0.3) is 0 Å². The summed E-state index contributed by atoms with van der Waals surface area (Å²) in [7, 11) is 0. The summed E-state index contributed by atoms with van der Waals surface area (Å²) in [5.41, 5.74) is 0. The summed E-state index contributed by atoms with van der Waals surface area (Å²) in [4.78, 5) is 13.9. The molecule has 2 rings (SSSR count). The van der Waals surface area contributed by atoms with E-state index in [1.54, 1.807) is 0 Å². The number of nitrogens with zero attached hydrogens (tertiary/aromatic N) is 1. The maximum absolute atomic E-state index is 12.0. The van der Waals surface area contributed by atoms with Crippen molar-refractivity contribution in [3.05, 3.63) is 0 Å². The van der Waals surface area contributed by atoms with Gasteiger partial charge in [0.25, 0.3) is 0 Å². The Morgan fingerprint density at radius 2 is 2.21 bits per heavy atom. The minimum absolute atomic E-state index is 0.0769. The molecule has 1 atom stereocenters. The predicted octanol–water partition coefficient (Wildman–Crippen LogP) is -0.0127. The van der Waals surface area contributed by atoms with Gasteiger partial charge in [-0.05, 0) is 25.8 Å². The van der Waals surface area contributed by atoms with Crippen molar-refractivity contribution < 1.29 is 9.53 Å². The van der Waals surface area contributed by atoms with Crippen LogP contribution in [0, 0.1) is 0 Å². The molecule has 80 valence electrons. The summed E-state index contributed by atoms with van der Waals surface area (Å²) in [5, 5.41) is 3.24. The van der Waals surface area contributed by atoms with Gasteiger partial charge in [0.2, 0.25) is 5.91 Å². The molecule has 4 heteroatoms. The first-order chi connectivity index (χ1) is 6.88. The lowest BCUT2D eigenvalue weighted by Gasteiger charge is -2.23. The molecule has 14 heavy (non-hydrogen) atoms. The number of ether oxygens (including phenoxy) is 1. The summed E-state index contributed by atoms with van der Waals surface area (Å²) in [5.74, 6) is 0.271. The van der Waals surface area contributed by atoms with E-state index in [9.17, 15) is 4.79 Å². The Bertz CT molecular complexity index is 194. The van der Waals surface area contributed by atoms with Gasteiger partial charge in [-0.3, -0.25) is 4.79 Å². The minimum Gasteiger partial charge on any atom is -0.380 e. The molecule has 0 aromatic rings. The molecule has 0 radical (unpaired) electrons. The highest BCUT2D eigenvalue weighted by atomic mass is 16.5. The SMILES string of the molecule is O=C(C1CCCN1)N1CCCOCC1. The summed E-state index contributed by atoms with van der Waals surface area (Å²) < 4.78 is 5.32. The quantitative estimate of drug-likeness (QED) is 0.644. The first kappa shape index (κ1) is 9.93. The number of amides is 1. The van der Waals surface area contributed by atoms with Crippen LogP contribution in [-0.2, 0) is 9.53 Å². The van der Waals surface area contributed by atoms with Crippen LogP contribution < -0.4 is 5.32 Å². The Labute approximate surface area is 84.6 Å². The summed E-state index contributed by atoms with van der Waals surface area (Å²) in [6, 6.07) is 0.0769. The zero-order valence-corrected chi connectivity index (χ0v) is 8.50. The lowest BCUT2D eigenvalue weighted by molar-refractivity contribution is -0.133. The highest BCUT2D eigenvalue weighted by molar-refractivity contribution is 5.82. The average Bonchev–Trinajstić information content (AvgIpc) is 2.59. The van der Waals surface area contributed by atoms with Crippen molar-refractivity contribution in [1.82, 2.24) is 10.2 Å². The van der Waals surface area contributed by atoms with Gasteiger partial charge in [0, 0.05) is 19.7 Å². The molecular formula is C10H18N2O2. The van der Waals surface area contributed by atoms with Crippen molar-refractivity contribution in [2.75, 3.05) is 32.8 Å². The van der Waals surface area contributed by atoms with Gasteiger partial charge in [-0.2, -0.15) is 0 Å². The van der Waals surface area contributed by atoms with Crippen LogP contribution >= 0.6 is 0 Å². The van der Waals surface area contributed by atoms with E-state index in [1.165, 1.54) is 0 Å². The maximum Gasteiger partial charge on any atom is 0.239 e. The maximum atomic E-state index is 12.0. The second-order valence-electron chi connectivity index (χ2n) is 3.94. The second-order valence-corrected chi connectivity index (χ2v) is 3.94. The second kappa shape index (κ2) is 4.75. The molecule has 0 bridgehead atoms. The lowest BCUT2D eigenvalue weighted by atomic mass is 10.2. The third kappa shape index (κ3) is 2.25. The normalized spacial score (nSPS) is 28.9. The van der Waals surface area contributed by atoms with Crippen LogP contribution in [0.3, 0.4) is 0 Å². The first-order valence-electron chi connectivity index (χ1n) is 5.48. The van der Waals surface area contributed by atoms with Crippen LogP contribution in [-0.4, -0.2) is 49.7 Å². The molecular weight excluding hydrogens is 180 g/mol. The van der Waals surface area contributed by atoms with Crippen molar-refractivity contribution in [2.24, 2.45) is 0 Å². The highest BCUT2D eigenvalue weighted by Gasteiger charge is 2.26. The van der Waals surface area contributed by atoms with Crippen molar-refractivity contribution in [3.63, 3.8) is 0 Å². The molecule has 4 nitrogen and oxygen atoms in total. The van der Waals surface area contributed by atoms with Crippen molar-refractivity contribution in [3.8, 4) is 0 Å². The van der Waals surface area contributed by atoms with Gasteiger partial charge in [-0.25, -0.2) is 0 Å². The monoisotopic (exact) mass is 198 g/mol. The van der Waals surface area contributed by atoms with Gasteiger partial charge in [0.15, 0.2) is 0 Å². The predicted molar refractivity (Wildman–Crippen MR) is 53.0 cm³/mol. The Morgan fingerprint density at radius 3 is 3.00 bits per heavy atom. The smallest absolute Gasteiger partial charge is 0.239 e. The van der Waals surface area contributed by atoms with Crippen molar-refractivity contribution in [1.29, 1.82) is 0 Å². The molecule has 0 spiro atoms. The van der Waals surface area contributed by atoms with Gasteiger partial charge in [-0.1, -0.05) is 0 Å². The largest absolute Gasteiger partial charge is 0.380 e. The van der Waals surface area contributed by atoms with Gasteiger partial charge in [0.05, 0.1) is 12.6 Å². The topological polar surface area (TPSA) is 41.6 Å². The Balaban J connectivity index is 1.88. The standard InChI is InChI=1S/C10H18N2O2/c13-10(9-3-1-4-11-9)12-5-2-7-14-8-6-12/h9,11H,1-8H2. The molecule has 2 aliphatic rings. The number of hydrogen-bond donors (Lipinski definition) is 1. The van der Waals surface area contributed by atoms with E-state index < -0.39 is 0 Å². The summed E-state index contributed by atoms with van der Waals surface area (Å²) in [6.45, 7) is 4.09. The minimum atomic E-state index is 0.0769. The Hall–Kier alpha value is -0.610. The molecule has 0 saturated carbocycles. The average molecular weight is 198 g/mol. The zero-order chi connectivity index (χ0) is 9.80. The van der Waals surface area contributed by atoms with E-state index in [4.69, 9.17) is 4.74 Å². The van der Waals surface area contributed by atoms with Gasteiger partial charge >= 0.3 is 0 Å². The third-order valence-corrected chi connectivity index (χ3v) is 2.89. The number of carbonyl (C=O) groups is 1. The molecule has 2 fully saturated rings. The Morgan fingerprint density at radius 1 is 1.29 bits per heavy atom. The number of nitrogens with one attached hydrogen (secondary N) is 1. The fourth-order valence-electron chi connectivity index (χ4n) is 2.08. The fourth-order valence-corrected chi connectivity index (χ4v) is 2.08. The van der Waals surface area contributed by atoms with Crippen LogP contribution in [0.2, 0.25) is 0 Å². The van der Waals surface area contributed by atoms with Crippen LogP contribution in [0.1, 0.15) is 19.3 Å². The number of rotatable bonds is 1. The molecule has 1 amide bonds. The van der Waals surface area contributed by atoms with Crippen LogP contribution in [0.4, 0.5) is 0 Å². The van der Waals surface area contributed by atoms with E-state index >= 15 is 0 Å². The number of hydrogen-bond acceptors (Lipinski definition) is 3. The zero-order valence-electron chi connectivity index (χ0n) is 8.50.